The van der Waals surface area contributed by atoms with Gasteiger partial charge >= 0.3 is 6.18 Å². The van der Waals surface area contributed by atoms with Crippen LogP contribution in [0.1, 0.15) is 55.6 Å². The molecule has 1 aromatic carbocycles. The van der Waals surface area contributed by atoms with E-state index < -0.39 is 11.7 Å². The number of alkyl halides is 3. The van der Waals surface area contributed by atoms with E-state index in [0.29, 0.717) is 30.6 Å². The number of rotatable bonds is 7. The third kappa shape index (κ3) is 5.70. The summed E-state index contributed by atoms with van der Waals surface area (Å²) in [5, 5.41) is 2.27. The van der Waals surface area contributed by atoms with E-state index in [1.54, 1.807) is 6.20 Å². The van der Waals surface area contributed by atoms with E-state index in [2.05, 4.69) is 25.9 Å². The molecule has 1 saturated carbocycles. The van der Waals surface area contributed by atoms with Gasteiger partial charge in [0.15, 0.2) is 5.65 Å². The summed E-state index contributed by atoms with van der Waals surface area (Å²) in [4.78, 5) is 27.6. The van der Waals surface area contributed by atoms with Crippen LogP contribution in [0.3, 0.4) is 0 Å². The Kier molecular flexibility index (Phi) is 7.49. The number of hydrogen-bond acceptors (Lipinski definition) is 5. The minimum Gasteiger partial charge on any atom is -0.493 e. The molecule has 0 spiro atoms. The van der Waals surface area contributed by atoms with Crippen molar-refractivity contribution in [3.8, 4) is 5.75 Å². The molecule has 4 aromatic rings. The number of ketones is 1. The highest BCUT2D eigenvalue weighted by atomic mass is 19.4. The fourth-order valence-electron chi connectivity index (χ4n) is 6.49. The van der Waals surface area contributed by atoms with Crippen molar-refractivity contribution in [2.45, 2.75) is 50.6 Å². The van der Waals surface area contributed by atoms with Gasteiger partial charge in [-0.05, 0) is 92.9 Å². The number of piperidine rings is 1. The number of benzene rings is 1. The van der Waals surface area contributed by atoms with Gasteiger partial charge in [0.25, 0.3) is 0 Å². The maximum absolute atomic E-state index is 13.3. The van der Waals surface area contributed by atoms with Crippen LogP contribution < -0.4 is 4.74 Å². The number of carbonyl (C=O) groups excluding carboxylic acids is 1. The molecule has 3 aromatic heterocycles. The summed E-state index contributed by atoms with van der Waals surface area (Å²) in [7, 11) is 0. The maximum Gasteiger partial charge on any atom is 0.416 e. The van der Waals surface area contributed by atoms with Crippen molar-refractivity contribution in [3.05, 3.63) is 66.1 Å². The van der Waals surface area contributed by atoms with Crippen LogP contribution in [0.2, 0.25) is 0 Å². The van der Waals surface area contributed by atoms with Crippen LogP contribution in [-0.4, -0.2) is 51.9 Å². The second-order valence-corrected chi connectivity index (χ2v) is 11.3. The van der Waals surface area contributed by atoms with E-state index in [1.165, 1.54) is 23.1 Å². The lowest BCUT2D eigenvalue weighted by molar-refractivity contribution is -0.137. The van der Waals surface area contributed by atoms with Gasteiger partial charge in [0.05, 0.1) is 30.4 Å². The third-order valence-corrected chi connectivity index (χ3v) is 8.60. The van der Waals surface area contributed by atoms with Crippen LogP contribution in [0, 0.1) is 11.8 Å². The van der Waals surface area contributed by atoms with Crippen LogP contribution in [0.15, 0.2) is 55.0 Å². The number of fused-ring (bicyclic) bond motifs is 3. The lowest BCUT2D eigenvalue weighted by Gasteiger charge is -2.34. The average molecular weight is 551 g/mol. The van der Waals surface area contributed by atoms with Gasteiger partial charge in [0.1, 0.15) is 11.5 Å². The highest BCUT2D eigenvalue weighted by molar-refractivity contribution is 6.05. The number of carbonyl (C=O) groups is 1. The first kappa shape index (κ1) is 26.7. The number of hydrogen-bond donors (Lipinski definition) is 1. The summed E-state index contributed by atoms with van der Waals surface area (Å²) in [5.41, 5.74) is 2.41. The van der Waals surface area contributed by atoms with Crippen molar-refractivity contribution < 1.29 is 22.7 Å². The molecular weight excluding hydrogens is 517 g/mol. The van der Waals surface area contributed by atoms with E-state index in [9.17, 15) is 18.0 Å². The Hall–Kier alpha value is -3.46. The highest BCUT2D eigenvalue weighted by Gasteiger charge is 2.31. The van der Waals surface area contributed by atoms with Crippen LogP contribution in [-0.2, 0) is 11.0 Å². The molecule has 6 rings (SSSR count). The summed E-state index contributed by atoms with van der Waals surface area (Å²) in [5.74, 6) is 1.50. The van der Waals surface area contributed by atoms with Gasteiger partial charge in [0, 0.05) is 41.5 Å². The molecule has 2 fully saturated rings. The fraction of sp³-hybridized carbons (Fsp3) is 0.452. The zero-order valence-electron chi connectivity index (χ0n) is 22.3. The van der Waals surface area contributed by atoms with Gasteiger partial charge < -0.3 is 9.72 Å². The molecule has 6 nitrogen and oxygen atoms in total. The first-order valence-electron chi connectivity index (χ1n) is 14.1. The van der Waals surface area contributed by atoms with Crippen LogP contribution in [0.4, 0.5) is 13.2 Å². The van der Waals surface area contributed by atoms with Gasteiger partial charge in [0.2, 0.25) is 0 Å². The molecule has 1 aliphatic heterocycles. The molecule has 1 saturated heterocycles. The van der Waals surface area contributed by atoms with E-state index in [0.717, 1.165) is 80.3 Å². The van der Waals surface area contributed by atoms with E-state index in [1.807, 2.05) is 18.5 Å². The quantitative estimate of drug-likeness (QED) is 0.275. The second-order valence-electron chi connectivity index (χ2n) is 11.3. The number of Topliss-reactive ketones (excluding diaryl/α,β-unsaturated/α-hetero) is 1. The van der Waals surface area contributed by atoms with E-state index in [4.69, 9.17) is 4.74 Å². The molecule has 4 heterocycles. The number of H-pyrrole nitrogens is 1. The van der Waals surface area contributed by atoms with Crippen molar-refractivity contribution >= 4 is 27.7 Å². The SMILES string of the molecule is O=C(CN1CCCC(COc2ccc(C(F)(F)F)cc2)C1)C1CCC(c2cc[nH]c3cnc4nccc4c23)CC1. The average Bonchev–Trinajstić information content (AvgIpc) is 3.45. The van der Waals surface area contributed by atoms with Crippen molar-refractivity contribution in [2.24, 2.45) is 11.8 Å². The zero-order chi connectivity index (χ0) is 27.7. The number of aromatic nitrogens is 3. The topological polar surface area (TPSA) is 71.1 Å². The Morgan fingerprint density at radius 2 is 1.82 bits per heavy atom. The van der Waals surface area contributed by atoms with Gasteiger partial charge in [-0.25, -0.2) is 9.97 Å². The molecule has 1 aliphatic carbocycles. The molecule has 0 amide bonds. The molecular formula is C31H33F3N4O2. The zero-order valence-corrected chi connectivity index (χ0v) is 22.3. The number of halogens is 3. The molecule has 9 heteroatoms. The predicted molar refractivity (Wildman–Crippen MR) is 147 cm³/mol. The van der Waals surface area contributed by atoms with Crippen LogP contribution in [0.5, 0.6) is 5.75 Å². The van der Waals surface area contributed by atoms with Gasteiger partial charge in [-0.2, -0.15) is 13.2 Å². The summed E-state index contributed by atoms with van der Waals surface area (Å²) in [6.45, 7) is 2.56. The number of aromatic amines is 1. The Morgan fingerprint density at radius 3 is 2.60 bits per heavy atom. The molecule has 1 N–H and O–H groups in total. The maximum atomic E-state index is 13.3. The van der Waals surface area contributed by atoms with Crippen molar-refractivity contribution in [1.82, 2.24) is 19.9 Å². The fourth-order valence-corrected chi connectivity index (χ4v) is 6.49. The number of likely N-dealkylation sites (tertiary alicyclic amines) is 1. The third-order valence-electron chi connectivity index (χ3n) is 8.60. The van der Waals surface area contributed by atoms with Crippen molar-refractivity contribution in [3.63, 3.8) is 0 Å². The smallest absolute Gasteiger partial charge is 0.416 e. The Labute approximate surface area is 230 Å². The molecule has 1 unspecified atom stereocenters. The number of pyridine rings is 2. The van der Waals surface area contributed by atoms with Gasteiger partial charge in [-0.1, -0.05) is 0 Å². The summed E-state index contributed by atoms with van der Waals surface area (Å²) >= 11 is 0. The molecule has 40 heavy (non-hydrogen) atoms. The normalized spacial score (nSPS) is 22.5. The summed E-state index contributed by atoms with van der Waals surface area (Å²) in [6, 6.07) is 9.03. The molecule has 0 bridgehead atoms. The van der Waals surface area contributed by atoms with E-state index in [-0.39, 0.29) is 11.8 Å². The second kappa shape index (κ2) is 11.2. The molecule has 2 aliphatic rings. The molecule has 210 valence electrons. The molecule has 0 radical (unpaired) electrons. The monoisotopic (exact) mass is 550 g/mol. The molecule has 1 atom stereocenters. The number of nitrogens with zero attached hydrogens (tertiary/aromatic N) is 3. The Morgan fingerprint density at radius 1 is 1.02 bits per heavy atom. The van der Waals surface area contributed by atoms with Gasteiger partial charge in [-0.15, -0.1) is 0 Å². The minimum absolute atomic E-state index is 0.0869. The predicted octanol–water partition coefficient (Wildman–Crippen LogP) is 6.76. The van der Waals surface area contributed by atoms with Crippen molar-refractivity contribution in [2.75, 3.05) is 26.2 Å². The lowest BCUT2D eigenvalue weighted by atomic mass is 9.76. The first-order chi connectivity index (χ1) is 19.3. The summed E-state index contributed by atoms with van der Waals surface area (Å²) < 4.78 is 44.2. The van der Waals surface area contributed by atoms with Gasteiger partial charge in [-0.3, -0.25) is 9.69 Å². The van der Waals surface area contributed by atoms with Crippen LogP contribution >= 0.6 is 0 Å². The Bertz CT molecular complexity index is 1480. The Balaban J connectivity index is 1.01. The lowest BCUT2D eigenvalue weighted by Crippen LogP contribution is -2.42. The van der Waals surface area contributed by atoms with E-state index >= 15 is 0 Å². The number of nitrogens with one attached hydrogen (secondary N) is 1. The van der Waals surface area contributed by atoms with Crippen molar-refractivity contribution in [1.29, 1.82) is 0 Å². The largest absolute Gasteiger partial charge is 0.493 e. The minimum atomic E-state index is -4.35. The standard InChI is InChI=1S/C31H33F3N4O2/c32-31(33,34)23-7-9-24(10-8-23)40-19-20-2-1-15-38(17-20)18-28(39)22-5-3-21(4-6-22)25-11-13-35-27-16-37-30-26(29(25)27)12-14-36-30/h7-14,16,20-22,35H,1-6,15,17-19H2. The van der Waals surface area contributed by atoms with Crippen LogP contribution in [0.25, 0.3) is 21.9 Å². The first-order valence-corrected chi connectivity index (χ1v) is 14.1. The summed E-state index contributed by atoms with van der Waals surface area (Å²) in [6.07, 6.45) is 7.01. The number of ether oxygens (including phenoxy) is 1. The highest BCUT2D eigenvalue weighted by Crippen LogP contribution is 2.40.